The smallest absolute Gasteiger partial charge is 0.306 e. The number of pyridine rings is 1. The van der Waals surface area contributed by atoms with Gasteiger partial charge < -0.3 is 14.9 Å². The highest BCUT2D eigenvalue weighted by atomic mass is 16.5. The largest absolute Gasteiger partial charge is 0.489 e. The Kier molecular flexibility index (Phi) is 4.04. The van der Waals surface area contributed by atoms with Crippen LogP contribution in [0.3, 0.4) is 0 Å². The van der Waals surface area contributed by atoms with E-state index in [2.05, 4.69) is 4.98 Å². The molecule has 19 heavy (non-hydrogen) atoms. The number of aryl methyl sites for hydroxylation is 1. The number of nitrogens with zero attached hydrogens (tertiary/aromatic N) is 1. The number of aliphatic hydroxyl groups is 1. The molecule has 1 saturated carbocycles. The molecule has 0 aromatic carbocycles. The van der Waals surface area contributed by atoms with Crippen LogP contribution in [-0.2, 0) is 4.79 Å². The van der Waals surface area contributed by atoms with E-state index in [1.54, 1.807) is 12.3 Å². The van der Waals surface area contributed by atoms with Gasteiger partial charge in [-0.15, -0.1) is 0 Å². The Hall–Kier alpha value is -1.62. The molecule has 0 aliphatic heterocycles. The van der Waals surface area contributed by atoms with Crippen LogP contribution >= 0.6 is 0 Å². The van der Waals surface area contributed by atoms with E-state index < -0.39 is 11.6 Å². The van der Waals surface area contributed by atoms with Crippen LogP contribution < -0.4 is 4.74 Å². The summed E-state index contributed by atoms with van der Waals surface area (Å²) in [6.07, 6.45) is 3.62. The second kappa shape index (κ2) is 5.57. The van der Waals surface area contributed by atoms with Crippen molar-refractivity contribution in [2.75, 3.05) is 6.61 Å². The van der Waals surface area contributed by atoms with Gasteiger partial charge in [0.15, 0.2) is 0 Å². The Morgan fingerprint density at radius 3 is 2.79 bits per heavy atom. The number of ether oxygens (including phenoxy) is 1. The van der Waals surface area contributed by atoms with Crippen molar-refractivity contribution in [2.45, 2.75) is 38.2 Å². The number of carboxylic acids is 1. The van der Waals surface area contributed by atoms with Gasteiger partial charge in [-0.3, -0.25) is 9.78 Å². The van der Waals surface area contributed by atoms with Crippen molar-refractivity contribution >= 4 is 5.97 Å². The molecule has 0 bridgehead atoms. The molecule has 0 spiro atoms. The van der Waals surface area contributed by atoms with Crippen LogP contribution in [0.5, 0.6) is 5.75 Å². The third kappa shape index (κ3) is 3.44. The van der Waals surface area contributed by atoms with Gasteiger partial charge in [0, 0.05) is 6.20 Å². The Morgan fingerprint density at radius 2 is 2.21 bits per heavy atom. The zero-order valence-corrected chi connectivity index (χ0v) is 11.0. The van der Waals surface area contributed by atoms with E-state index in [-0.39, 0.29) is 12.5 Å². The van der Waals surface area contributed by atoms with Crippen molar-refractivity contribution in [3.05, 3.63) is 24.0 Å². The number of aromatic nitrogens is 1. The average Bonchev–Trinajstić information content (AvgIpc) is 2.38. The van der Waals surface area contributed by atoms with E-state index in [1.165, 1.54) is 0 Å². The lowest BCUT2D eigenvalue weighted by atomic mass is 9.79. The van der Waals surface area contributed by atoms with Gasteiger partial charge in [-0.05, 0) is 44.7 Å². The molecule has 2 rings (SSSR count). The van der Waals surface area contributed by atoms with Gasteiger partial charge in [0.25, 0.3) is 0 Å². The molecule has 1 fully saturated rings. The van der Waals surface area contributed by atoms with Crippen molar-refractivity contribution in [1.29, 1.82) is 0 Å². The number of rotatable bonds is 4. The molecule has 0 amide bonds. The zero-order chi connectivity index (χ0) is 13.9. The first-order valence-electron chi connectivity index (χ1n) is 6.50. The maximum absolute atomic E-state index is 10.9. The van der Waals surface area contributed by atoms with Crippen molar-refractivity contribution in [2.24, 2.45) is 5.92 Å². The highest BCUT2D eigenvalue weighted by Crippen LogP contribution is 2.33. The first-order valence-corrected chi connectivity index (χ1v) is 6.50. The maximum atomic E-state index is 10.9. The third-order valence-electron chi connectivity index (χ3n) is 3.72. The molecule has 0 unspecified atom stereocenters. The lowest BCUT2D eigenvalue weighted by Gasteiger charge is -2.34. The normalized spacial score (nSPS) is 26.9. The fraction of sp³-hybridized carbons (Fsp3) is 0.571. The van der Waals surface area contributed by atoms with Crippen LogP contribution in [0.4, 0.5) is 0 Å². The number of hydrogen-bond donors (Lipinski definition) is 2. The Bertz CT molecular complexity index is 453. The Labute approximate surface area is 112 Å². The van der Waals surface area contributed by atoms with Gasteiger partial charge in [0.2, 0.25) is 0 Å². The second-order valence-electron chi connectivity index (χ2n) is 5.21. The lowest BCUT2D eigenvalue weighted by molar-refractivity contribution is -0.145. The first kappa shape index (κ1) is 13.8. The SMILES string of the molecule is Cc1ncccc1OCC1(O)CCC(C(=O)O)CC1. The van der Waals surface area contributed by atoms with Crippen LogP contribution in [0.15, 0.2) is 18.3 Å². The average molecular weight is 265 g/mol. The predicted molar refractivity (Wildman–Crippen MR) is 69.0 cm³/mol. The number of aliphatic carboxylic acids is 1. The quantitative estimate of drug-likeness (QED) is 0.867. The van der Waals surface area contributed by atoms with Crippen molar-refractivity contribution in [3.8, 4) is 5.75 Å². The van der Waals surface area contributed by atoms with Gasteiger partial charge in [0.05, 0.1) is 17.2 Å². The molecular weight excluding hydrogens is 246 g/mol. The van der Waals surface area contributed by atoms with Gasteiger partial charge in [0.1, 0.15) is 12.4 Å². The van der Waals surface area contributed by atoms with Crippen LogP contribution in [0, 0.1) is 12.8 Å². The van der Waals surface area contributed by atoms with Crippen LogP contribution in [-0.4, -0.2) is 33.4 Å². The predicted octanol–water partition coefficient (Wildman–Crippen LogP) is 1.77. The highest BCUT2D eigenvalue weighted by molar-refractivity contribution is 5.70. The van der Waals surface area contributed by atoms with Crippen LogP contribution in [0.25, 0.3) is 0 Å². The summed E-state index contributed by atoms with van der Waals surface area (Å²) >= 11 is 0. The van der Waals surface area contributed by atoms with Gasteiger partial charge >= 0.3 is 5.97 Å². The van der Waals surface area contributed by atoms with E-state index >= 15 is 0 Å². The van der Waals surface area contributed by atoms with Crippen molar-refractivity contribution in [3.63, 3.8) is 0 Å². The third-order valence-corrected chi connectivity index (χ3v) is 3.72. The number of carboxylic acid groups (broad SMARTS) is 1. The summed E-state index contributed by atoms with van der Waals surface area (Å²) < 4.78 is 5.62. The van der Waals surface area contributed by atoms with E-state index in [0.717, 1.165) is 5.69 Å². The minimum atomic E-state index is -0.922. The molecule has 5 heteroatoms. The molecular formula is C14H19NO4. The molecule has 1 aliphatic carbocycles. The van der Waals surface area contributed by atoms with Crippen LogP contribution in [0.2, 0.25) is 0 Å². The molecule has 0 radical (unpaired) electrons. The summed E-state index contributed by atoms with van der Waals surface area (Å²) in [4.78, 5) is 15.0. The zero-order valence-electron chi connectivity index (χ0n) is 11.0. The monoisotopic (exact) mass is 265 g/mol. The Balaban J connectivity index is 1.90. The first-order chi connectivity index (χ1) is 9.00. The summed E-state index contributed by atoms with van der Waals surface area (Å²) in [5.41, 5.74) is -0.140. The maximum Gasteiger partial charge on any atom is 0.306 e. The van der Waals surface area contributed by atoms with E-state index in [0.29, 0.717) is 31.4 Å². The molecule has 1 heterocycles. The molecule has 1 aliphatic rings. The second-order valence-corrected chi connectivity index (χ2v) is 5.21. The van der Waals surface area contributed by atoms with E-state index in [4.69, 9.17) is 9.84 Å². The molecule has 1 aromatic heterocycles. The van der Waals surface area contributed by atoms with Crippen molar-refractivity contribution in [1.82, 2.24) is 4.98 Å². The van der Waals surface area contributed by atoms with Gasteiger partial charge in [-0.2, -0.15) is 0 Å². The minimum absolute atomic E-state index is 0.186. The minimum Gasteiger partial charge on any atom is -0.489 e. The fourth-order valence-electron chi connectivity index (χ4n) is 2.38. The lowest BCUT2D eigenvalue weighted by Crippen LogP contribution is -2.41. The standard InChI is InChI=1S/C14H19NO4/c1-10-12(3-2-8-15-10)19-9-14(18)6-4-11(5-7-14)13(16)17/h2-3,8,11,18H,4-7,9H2,1H3,(H,16,17). The summed E-state index contributed by atoms with van der Waals surface area (Å²) in [7, 11) is 0. The van der Waals surface area contributed by atoms with E-state index in [1.807, 2.05) is 13.0 Å². The molecule has 5 nitrogen and oxygen atoms in total. The molecule has 104 valence electrons. The summed E-state index contributed by atoms with van der Waals surface area (Å²) in [5, 5.41) is 19.3. The van der Waals surface area contributed by atoms with Gasteiger partial charge in [-0.1, -0.05) is 0 Å². The molecule has 0 saturated heterocycles. The van der Waals surface area contributed by atoms with Gasteiger partial charge in [-0.25, -0.2) is 0 Å². The number of hydrogen-bond acceptors (Lipinski definition) is 4. The summed E-state index contributed by atoms with van der Waals surface area (Å²) in [5.74, 6) is -0.442. The number of carbonyl (C=O) groups is 1. The summed E-state index contributed by atoms with van der Waals surface area (Å²) in [6.45, 7) is 2.03. The Morgan fingerprint density at radius 1 is 1.53 bits per heavy atom. The van der Waals surface area contributed by atoms with E-state index in [9.17, 15) is 9.90 Å². The molecule has 2 N–H and O–H groups in total. The van der Waals surface area contributed by atoms with Crippen molar-refractivity contribution < 1.29 is 19.7 Å². The topological polar surface area (TPSA) is 79.7 Å². The summed E-state index contributed by atoms with van der Waals surface area (Å²) in [6, 6.07) is 3.60. The highest BCUT2D eigenvalue weighted by Gasteiger charge is 2.36. The fourth-order valence-corrected chi connectivity index (χ4v) is 2.38. The molecule has 0 atom stereocenters. The van der Waals surface area contributed by atoms with Crippen LogP contribution in [0.1, 0.15) is 31.4 Å². The molecule has 1 aromatic rings.